The highest BCUT2D eigenvalue weighted by molar-refractivity contribution is 6.09. The van der Waals surface area contributed by atoms with Gasteiger partial charge in [0.1, 0.15) is 5.75 Å². The van der Waals surface area contributed by atoms with Crippen LogP contribution in [0.2, 0.25) is 0 Å². The van der Waals surface area contributed by atoms with Crippen LogP contribution in [0.25, 0.3) is 0 Å². The number of carboxylic acid groups (broad SMARTS) is 1. The first-order valence-electron chi connectivity index (χ1n) is 6.33. The molecule has 108 valence electrons. The van der Waals surface area contributed by atoms with Crippen LogP contribution in [0.3, 0.4) is 0 Å². The summed E-state index contributed by atoms with van der Waals surface area (Å²) in [6, 6.07) is 9.38. The molecule has 2 aromatic carbocycles. The van der Waals surface area contributed by atoms with Crippen molar-refractivity contribution in [1.29, 1.82) is 0 Å². The van der Waals surface area contributed by atoms with Gasteiger partial charge in [-0.1, -0.05) is 17.7 Å². The number of rotatable bonds is 3. The summed E-state index contributed by atoms with van der Waals surface area (Å²) in [7, 11) is 0. The van der Waals surface area contributed by atoms with Crippen molar-refractivity contribution in [3.8, 4) is 5.75 Å². The van der Waals surface area contributed by atoms with Gasteiger partial charge in [0.25, 0.3) is 5.91 Å². The molecule has 0 aliphatic heterocycles. The van der Waals surface area contributed by atoms with Crippen LogP contribution < -0.4 is 5.32 Å². The predicted molar refractivity (Wildman–Crippen MR) is 78.9 cm³/mol. The summed E-state index contributed by atoms with van der Waals surface area (Å²) >= 11 is 0. The lowest BCUT2D eigenvalue weighted by Crippen LogP contribution is -2.15. The van der Waals surface area contributed by atoms with Crippen molar-refractivity contribution in [2.45, 2.75) is 13.8 Å². The molecule has 5 nitrogen and oxygen atoms in total. The molecule has 2 rings (SSSR count). The zero-order valence-electron chi connectivity index (χ0n) is 11.7. The summed E-state index contributed by atoms with van der Waals surface area (Å²) < 4.78 is 0. The minimum absolute atomic E-state index is 0.00921. The first kappa shape index (κ1) is 14.6. The van der Waals surface area contributed by atoms with Crippen LogP contribution in [0.1, 0.15) is 31.8 Å². The van der Waals surface area contributed by atoms with Crippen molar-refractivity contribution >= 4 is 17.6 Å². The van der Waals surface area contributed by atoms with Crippen LogP contribution in [0.15, 0.2) is 36.4 Å². The van der Waals surface area contributed by atoms with Gasteiger partial charge >= 0.3 is 5.97 Å². The van der Waals surface area contributed by atoms with E-state index in [4.69, 9.17) is 5.11 Å². The van der Waals surface area contributed by atoms with Gasteiger partial charge in [0, 0.05) is 0 Å². The van der Waals surface area contributed by atoms with Crippen LogP contribution in [0, 0.1) is 13.8 Å². The number of phenols is 1. The Bertz CT molecular complexity index is 722. The van der Waals surface area contributed by atoms with Crippen LogP contribution in [0.5, 0.6) is 5.75 Å². The van der Waals surface area contributed by atoms with E-state index in [2.05, 4.69) is 5.32 Å². The summed E-state index contributed by atoms with van der Waals surface area (Å²) in [5.74, 6) is -1.82. The van der Waals surface area contributed by atoms with Crippen LogP contribution in [-0.4, -0.2) is 22.1 Å². The number of aromatic hydroxyl groups is 1. The standard InChI is InChI=1S/C16H15NO4/c1-9-4-6-13(12(7-9)16(20)21)17-15(19)11-5-3-10(2)8-14(11)18/h3-8,18H,1-2H3,(H,17,19)(H,20,21). The van der Waals surface area contributed by atoms with Crippen molar-refractivity contribution < 1.29 is 19.8 Å². The highest BCUT2D eigenvalue weighted by Crippen LogP contribution is 2.22. The molecule has 5 heteroatoms. The summed E-state index contributed by atoms with van der Waals surface area (Å²) in [5, 5.41) is 21.5. The van der Waals surface area contributed by atoms with Gasteiger partial charge in [0.2, 0.25) is 0 Å². The molecule has 0 aliphatic rings. The number of carbonyl (C=O) groups is 2. The Kier molecular flexibility index (Phi) is 3.93. The molecule has 0 spiro atoms. The summed E-state index contributed by atoms with van der Waals surface area (Å²) in [4.78, 5) is 23.3. The van der Waals surface area contributed by atoms with E-state index in [9.17, 15) is 14.7 Å². The molecule has 1 amide bonds. The lowest BCUT2D eigenvalue weighted by atomic mass is 10.1. The Balaban J connectivity index is 2.34. The lowest BCUT2D eigenvalue weighted by molar-refractivity contribution is 0.0698. The number of phenolic OH excluding ortho intramolecular Hbond substituents is 1. The van der Waals surface area contributed by atoms with Gasteiger partial charge in [-0.25, -0.2) is 4.79 Å². The molecule has 0 radical (unpaired) electrons. The number of hydrogen-bond donors (Lipinski definition) is 3. The molecule has 0 unspecified atom stereocenters. The zero-order valence-corrected chi connectivity index (χ0v) is 11.7. The van der Waals surface area contributed by atoms with Gasteiger partial charge in [-0.3, -0.25) is 4.79 Å². The van der Waals surface area contributed by atoms with Crippen LogP contribution in [0.4, 0.5) is 5.69 Å². The van der Waals surface area contributed by atoms with Crippen molar-refractivity contribution in [2.75, 3.05) is 5.32 Å². The molecule has 0 bridgehead atoms. The van der Waals surface area contributed by atoms with Crippen LogP contribution in [-0.2, 0) is 0 Å². The molecule has 0 saturated carbocycles. The maximum atomic E-state index is 12.1. The smallest absolute Gasteiger partial charge is 0.337 e. The Labute approximate surface area is 121 Å². The van der Waals surface area contributed by atoms with Crippen molar-refractivity contribution in [2.24, 2.45) is 0 Å². The second-order valence-corrected chi connectivity index (χ2v) is 4.83. The molecule has 0 atom stereocenters. The molecule has 0 aliphatic carbocycles. The minimum Gasteiger partial charge on any atom is -0.507 e. The summed E-state index contributed by atoms with van der Waals surface area (Å²) in [5.41, 5.74) is 1.90. The second kappa shape index (κ2) is 5.66. The number of carbonyl (C=O) groups excluding carboxylic acids is 1. The van der Waals surface area contributed by atoms with E-state index < -0.39 is 11.9 Å². The molecule has 21 heavy (non-hydrogen) atoms. The van der Waals surface area contributed by atoms with Crippen molar-refractivity contribution in [1.82, 2.24) is 0 Å². The van der Waals surface area contributed by atoms with E-state index in [1.807, 2.05) is 0 Å². The van der Waals surface area contributed by atoms with Gasteiger partial charge in [-0.05, 0) is 43.7 Å². The fourth-order valence-corrected chi connectivity index (χ4v) is 1.97. The van der Waals surface area contributed by atoms with Gasteiger partial charge < -0.3 is 15.5 Å². The highest BCUT2D eigenvalue weighted by atomic mass is 16.4. The van der Waals surface area contributed by atoms with E-state index >= 15 is 0 Å². The number of benzene rings is 2. The topological polar surface area (TPSA) is 86.6 Å². The van der Waals surface area contributed by atoms with Crippen molar-refractivity contribution in [3.63, 3.8) is 0 Å². The first-order chi connectivity index (χ1) is 9.88. The fourth-order valence-electron chi connectivity index (χ4n) is 1.97. The number of nitrogens with one attached hydrogen (secondary N) is 1. The minimum atomic E-state index is -1.12. The number of carboxylic acids is 1. The summed E-state index contributed by atoms with van der Waals surface area (Å²) in [6.07, 6.45) is 0. The first-order valence-corrected chi connectivity index (χ1v) is 6.33. The number of hydrogen-bond acceptors (Lipinski definition) is 3. The van der Waals surface area contributed by atoms with Gasteiger partial charge in [-0.2, -0.15) is 0 Å². The van der Waals surface area contributed by atoms with Crippen LogP contribution >= 0.6 is 0 Å². The quantitative estimate of drug-likeness (QED) is 0.809. The largest absolute Gasteiger partial charge is 0.507 e. The maximum absolute atomic E-state index is 12.1. The van der Waals surface area contributed by atoms with Crippen molar-refractivity contribution in [3.05, 3.63) is 58.7 Å². The fraction of sp³-hybridized carbons (Fsp3) is 0.125. The average molecular weight is 285 g/mol. The Morgan fingerprint density at radius 1 is 0.952 bits per heavy atom. The Morgan fingerprint density at radius 3 is 2.19 bits per heavy atom. The van der Waals surface area contributed by atoms with Gasteiger partial charge in [0.05, 0.1) is 16.8 Å². The third kappa shape index (κ3) is 3.20. The molecular formula is C16H15NO4. The van der Waals surface area contributed by atoms with E-state index in [1.165, 1.54) is 24.3 Å². The molecule has 0 aromatic heterocycles. The predicted octanol–water partition coefficient (Wildman–Crippen LogP) is 2.96. The number of anilines is 1. The molecule has 3 N–H and O–H groups in total. The molecule has 2 aromatic rings. The van der Waals surface area contributed by atoms with E-state index in [0.29, 0.717) is 0 Å². The molecule has 0 saturated heterocycles. The Morgan fingerprint density at radius 2 is 1.57 bits per heavy atom. The number of aromatic carboxylic acids is 1. The zero-order chi connectivity index (χ0) is 15.6. The maximum Gasteiger partial charge on any atom is 0.337 e. The van der Waals surface area contributed by atoms with Gasteiger partial charge in [-0.15, -0.1) is 0 Å². The lowest BCUT2D eigenvalue weighted by Gasteiger charge is -2.10. The Hall–Kier alpha value is -2.82. The SMILES string of the molecule is Cc1ccc(C(=O)Nc2ccc(C)cc2C(=O)O)c(O)c1. The third-order valence-electron chi connectivity index (χ3n) is 3.05. The molecule has 0 fully saturated rings. The number of aryl methyl sites for hydroxylation is 2. The molecule has 0 heterocycles. The molecular weight excluding hydrogens is 270 g/mol. The van der Waals surface area contributed by atoms with Gasteiger partial charge in [0.15, 0.2) is 0 Å². The normalized spacial score (nSPS) is 10.2. The van der Waals surface area contributed by atoms with E-state index in [0.717, 1.165) is 11.1 Å². The number of amides is 1. The van der Waals surface area contributed by atoms with E-state index in [1.54, 1.807) is 26.0 Å². The monoisotopic (exact) mass is 285 g/mol. The van der Waals surface area contributed by atoms with E-state index in [-0.39, 0.29) is 22.6 Å². The highest BCUT2D eigenvalue weighted by Gasteiger charge is 2.16. The summed E-state index contributed by atoms with van der Waals surface area (Å²) in [6.45, 7) is 3.56. The third-order valence-corrected chi connectivity index (χ3v) is 3.05. The second-order valence-electron chi connectivity index (χ2n) is 4.83. The average Bonchev–Trinajstić information content (AvgIpc) is 2.40.